The lowest BCUT2D eigenvalue weighted by Crippen LogP contribution is -2.40. The van der Waals surface area contributed by atoms with E-state index < -0.39 is 6.03 Å². The highest BCUT2D eigenvalue weighted by Gasteiger charge is 2.31. The third-order valence-electron chi connectivity index (χ3n) is 2.86. The van der Waals surface area contributed by atoms with Crippen LogP contribution in [0, 0.1) is 0 Å². The summed E-state index contributed by atoms with van der Waals surface area (Å²) in [7, 11) is 1.59. The lowest BCUT2D eigenvalue weighted by Gasteiger charge is -2.17. The van der Waals surface area contributed by atoms with Gasteiger partial charge in [0.1, 0.15) is 5.75 Å². The SMILES string of the molecule is COc1ccc(N2C[C@H](NC(N)=O)CC2=O)cc1. The van der Waals surface area contributed by atoms with Gasteiger partial charge in [-0.2, -0.15) is 0 Å². The number of hydrogen-bond donors (Lipinski definition) is 2. The third-order valence-corrected chi connectivity index (χ3v) is 2.86. The van der Waals surface area contributed by atoms with E-state index in [0.717, 1.165) is 11.4 Å². The predicted molar refractivity (Wildman–Crippen MR) is 66.5 cm³/mol. The highest BCUT2D eigenvalue weighted by Crippen LogP contribution is 2.23. The Labute approximate surface area is 105 Å². The van der Waals surface area contributed by atoms with Crippen LogP contribution in [0.25, 0.3) is 0 Å². The first kappa shape index (κ1) is 12.2. The van der Waals surface area contributed by atoms with Crippen molar-refractivity contribution in [2.45, 2.75) is 12.5 Å². The second-order valence-corrected chi connectivity index (χ2v) is 4.11. The van der Waals surface area contributed by atoms with Crippen LogP contribution >= 0.6 is 0 Å². The highest BCUT2D eigenvalue weighted by atomic mass is 16.5. The lowest BCUT2D eigenvalue weighted by atomic mass is 10.2. The Bertz CT molecular complexity index is 458. The van der Waals surface area contributed by atoms with Crippen molar-refractivity contribution in [1.29, 1.82) is 0 Å². The van der Waals surface area contributed by atoms with Crippen molar-refractivity contribution in [2.75, 3.05) is 18.6 Å². The molecule has 1 atom stereocenters. The van der Waals surface area contributed by atoms with Gasteiger partial charge in [0, 0.05) is 18.7 Å². The van der Waals surface area contributed by atoms with Crippen LogP contribution in [0.15, 0.2) is 24.3 Å². The first-order valence-corrected chi connectivity index (χ1v) is 5.60. The van der Waals surface area contributed by atoms with E-state index in [-0.39, 0.29) is 18.4 Å². The molecule has 0 aromatic heterocycles. The number of carbonyl (C=O) groups excluding carboxylic acids is 2. The Kier molecular flexibility index (Phi) is 3.36. The van der Waals surface area contributed by atoms with E-state index in [0.29, 0.717) is 6.54 Å². The number of hydrogen-bond acceptors (Lipinski definition) is 3. The maximum absolute atomic E-state index is 11.8. The largest absolute Gasteiger partial charge is 0.497 e. The van der Waals surface area contributed by atoms with Gasteiger partial charge in [0.15, 0.2) is 0 Å². The van der Waals surface area contributed by atoms with Crippen molar-refractivity contribution in [3.05, 3.63) is 24.3 Å². The number of amides is 3. The average Bonchev–Trinajstić information content (AvgIpc) is 2.69. The maximum Gasteiger partial charge on any atom is 0.312 e. The van der Waals surface area contributed by atoms with E-state index in [4.69, 9.17) is 10.5 Å². The number of nitrogens with two attached hydrogens (primary N) is 1. The minimum Gasteiger partial charge on any atom is -0.497 e. The van der Waals surface area contributed by atoms with E-state index >= 15 is 0 Å². The number of rotatable bonds is 3. The van der Waals surface area contributed by atoms with E-state index in [1.807, 2.05) is 12.1 Å². The normalized spacial score (nSPS) is 18.8. The molecular weight excluding hydrogens is 234 g/mol. The average molecular weight is 249 g/mol. The van der Waals surface area contributed by atoms with Gasteiger partial charge in [-0.05, 0) is 24.3 Å². The van der Waals surface area contributed by atoms with Gasteiger partial charge >= 0.3 is 6.03 Å². The molecule has 0 unspecified atom stereocenters. The number of nitrogens with zero attached hydrogens (tertiary/aromatic N) is 1. The molecule has 0 radical (unpaired) electrons. The second kappa shape index (κ2) is 4.95. The molecule has 1 aromatic rings. The molecule has 0 aliphatic carbocycles. The van der Waals surface area contributed by atoms with Crippen LogP contribution in [0.4, 0.5) is 10.5 Å². The quantitative estimate of drug-likeness (QED) is 0.816. The van der Waals surface area contributed by atoms with E-state index in [9.17, 15) is 9.59 Å². The van der Waals surface area contributed by atoms with Gasteiger partial charge in [0.25, 0.3) is 0 Å². The van der Waals surface area contributed by atoms with Gasteiger partial charge in [-0.3, -0.25) is 4.79 Å². The molecular formula is C12H15N3O3. The Morgan fingerprint density at radius 1 is 1.44 bits per heavy atom. The zero-order valence-corrected chi connectivity index (χ0v) is 10.1. The summed E-state index contributed by atoms with van der Waals surface area (Å²) in [5, 5.41) is 2.55. The fourth-order valence-corrected chi connectivity index (χ4v) is 2.02. The molecule has 2 rings (SSSR count). The molecule has 1 fully saturated rings. The van der Waals surface area contributed by atoms with Crippen molar-refractivity contribution in [3.63, 3.8) is 0 Å². The molecule has 1 saturated heterocycles. The van der Waals surface area contributed by atoms with Crippen molar-refractivity contribution in [3.8, 4) is 5.75 Å². The predicted octanol–water partition coefficient (Wildman–Crippen LogP) is 0.469. The summed E-state index contributed by atoms with van der Waals surface area (Å²) in [6.45, 7) is 0.439. The van der Waals surface area contributed by atoms with Gasteiger partial charge in [-0.25, -0.2) is 4.79 Å². The molecule has 1 aliphatic rings. The molecule has 6 nitrogen and oxygen atoms in total. The summed E-state index contributed by atoms with van der Waals surface area (Å²) in [5.41, 5.74) is 5.83. The molecule has 0 bridgehead atoms. The van der Waals surface area contributed by atoms with Crippen LogP contribution in [-0.2, 0) is 4.79 Å². The molecule has 1 aromatic carbocycles. The van der Waals surface area contributed by atoms with Crippen LogP contribution in [0.2, 0.25) is 0 Å². The number of benzene rings is 1. The van der Waals surface area contributed by atoms with E-state index in [1.165, 1.54) is 0 Å². The number of primary amides is 1. The molecule has 1 aliphatic heterocycles. The molecule has 18 heavy (non-hydrogen) atoms. The highest BCUT2D eigenvalue weighted by molar-refractivity contribution is 5.96. The van der Waals surface area contributed by atoms with Gasteiger partial charge < -0.3 is 20.7 Å². The minimum absolute atomic E-state index is 0.0288. The summed E-state index contributed by atoms with van der Waals surface area (Å²) >= 11 is 0. The smallest absolute Gasteiger partial charge is 0.312 e. The zero-order chi connectivity index (χ0) is 13.1. The Hall–Kier alpha value is -2.24. The molecule has 6 heteroatoms. The summed E-state index contributed by atoms with van der Waals surface area (Å²) in [4.78, 5) is 24.2. The van der Waals surface area contributed by atoms with Crippen LogP contribution in [0.1, 0.15) is 6.42 Å². The van der Waals surface area contributed by atoms with Gasteiger partial charge in [0.2, 0.25) is 5.91 Å². The first-order valence-electron chi connectivity index (χ1n) is 5.60. The van der Waals surface area contributed by atoms with Gasteiger partial charge in [-0.15, -0.1) is 0 Å². The third kappa shape index (κ3) is 2.53. The van der Waals surface area contributed by atoms with Crippen molar-refractivity contribution in [2.24, 2.45) is 5.73 Å². The number of anilines is 1. The summed E-state index contributed by atoms with van der Waals surface area (Å²) in [6, 6.07) is 6.36. The monoisotopic (exact) mass is 249 g/mol. The molecule has 1 heterocycles. The second-order valence-electron chi connectivity index (χ2n) is 4.11. The Morgan fingerprint density at radius 2 is 2.11 bits per heavy atom. The van der Waals surface area contributed by atoms with Gasteiger partial charge in [-0.1, -0.05) is 0 Å². The lowest BCUT2D eigenvalue weighted by molar-refractivity contribution is -0.117. The fraction of sp³-hybridized carbons (Fsp3) is 0.333. The zero-order valence-electron chi connectivity index (χ0n) is 10.1. The fourth-order valence-electron chi connectivity index (χ4n) is 2.02. The molecule has 3 amide bonds. The molecule has 96 valence electrons. The number of urea groups is 1. The number of methoxy groups -OCH3 is 1. The summed E-state index contributed by atoms with van der Waals surface area (Å²) in [6.07, 6.45) is 0.273. The van der Waals surface area contributed by atoms with Crippen LogP contribution < -0.4 is 20.7 Å². The van der Waals surface area contributed by atoms with Crippen LogP contribution in [0.5, 0.6) is 5.75 Å². The van der Waals surface area contributed by atoms with E-state index in [2.05, 4.69) is 5.32 Å². The van der Waals surface area contributed by atoms with Crippen molar-refractivity contribution >= 4 is 17.6 Å². The summed E-state index contributed by atoms with van der Waals surface area (Å²) in [5.74, 6) is 0.705. The van der Waals surface area contributed by atoms with Crippen LogP contribution in [0.3, 0.4) is 0 Å². The minimum atomic E-state index is -0.607. The molecule has 0 saturated carbocycles. The topological polar surface area (TPSA) is 84.7 Å². The number of carbonyl (C=O) groups is 2. The maximum atomic E-state index is 11.8. The Morgan fingerprint density at radius 3 is 2.67 bits per heavy atom. The van der Waals surface area contributed by atoms with Crippen LogP contribution in [-0.4, -0.2) is 31.6 Å². The molecule has 3 N–H and O–H groups in total. The number of nitrogens with one attached hydrogen (secondary N) is 1. The Balaban J connectivity index is 2.08. The van der Waals surface area contributed by atoms with Gasteiger partial charge in [0.05, 0.1) is 13.2 Å². The standard InChI is InChI=1S/C12H15N3O3/c1-18-10-4-2-9(3-5-10)15-7-8(6-11(15)16)14-12(13)17/h2-5,8H,6-7H2,1H3,(H3,13,14,17)/t8-/m1/s1. The molecule has 0 spiro atoms. The van der Waals surface area contributed by atoms with E-state index in [1.54, 1.807) is 24.1 Å². The summed E-state index contributed by atoms with van der Waals surface area (Å²) < 4.78 is 5.06. The first-order chi connectivity index (χ1) is 8.60. The van der Waals surface area contributed by atoms with Crippen molar-refractivity contribution in [1.82, 2.24) is 5.32 Å². The number of ether oxygens (including phenoxy) is 1. The van der Waals surface area contributed by atoms with Crippen molar-refractivity contribution < 1.29 is 14.3 Å².